The molecule has 1 aromatic carbocycles. The first-order chi connectivity index (χ1) is 14.4. The number of nitrogens with two attached hydrogens (primary N) is 1. The molecule has 0 radical (unpaired) electrons. The molecule has 1 aliphatic rings. The number of rotatable bonds is 5. The maximum atomic E-state index is 14.5. The van der Waals surface area contributed by atoms with Gasteiger partial charge in [-0.1, -0.05) is 0 Å². The number of alkyl halides is 1. The van der Waals surface area contributed by atoms with Crippen molar-refractivity contribution in [3.8, 4) is 11.3 Å². The second kappa shape index (κ2) is 8.10. The van der Waals surface area contributed by atoms with Crippen LogP contribution in [0.4, 0.5) is 18.9 Å². The predicted molar refractivity (Wildman–Crippen MR) is 104 cm³/mol. The number of pyridine rings is 1. The molecule has 9 heteroatoms. The smallest absolute Gasteiger partial charge is 0.228 e. The van der Waals surface area contributed by atoms with Crippen molar-refractivity contribution >= 4 is 11.6 Å². The van der Waals surface area contributed by atoms with Crippen molar-refractivity contribution in [2.24, 2.45) is 5.92 Å². The average molecular weight is 413 g/mol. The number of carbonyl (C=O) groups excluding carboxylic acids is 1. The molecule has 6 nitrogen and oxygen atoms in total. The first-order valence-electron chi connectivity index (χ1n) is 9.32. The zero-order chi connectivity index (χ0) is 21.3. The summed E-state index contributed by atoms with van der Waals surface area (Å²) in [7, 11) is 0. The van der Waals surface area contributed by atoms with Crippen LogP contribution in [-0.2, 0) is 11.2 Å². The van der Waals surface area contributed by atoms with Crippen LogP contribution in [0.3, 0.4) is 0 Å². The molecule has 1 unspecified atom stereocenters. The number of anilines is 1. The Morgan fingerprint density at radius 2 is 1.90 bits per heavy atom. The Morgan fingerprint density at radius 3 is 2.60 bits per heavy atom. The molecule has 1 fully saturated rings. The van der Waals surface area contributed by atoms with Crippen molar-refractivity contribution in [3.63, 3.8) is 0 Å². The van der Waals surface area contributed by atoms with Crippen LogP contribution in [0.2, 0.25) is 0 Å². The maximum Gasteiger partial charge on any atom is 0.228 e. The van der Waals surface area contributed by atoms with Crippen LogP contribution in [0.15, 0.2) is 48.8 Å². The molecule has 30 heavy (non-hydrogen) atoms. The molecule has 2 N–H and O–H groups in total. The van der Waals surface area contributed by atoms with E-state index in [0.717, 1.165) is 12.1 Å². The second-order valence-corrected chi connectivity index (χ2v) is 7.10. The van der Waals surface area contributed by atoms with Crippen LogP contribution in [0.25, 0.3) is 11.3 Å². The van der Waals surface area contributed by atoms with Crippen LogP contribution in [-0.4, -0.2) is 38.8 Å². The first kappa shape index (κ1) is 19.8. The van der Waals surface area contributed by atoms with Crippen molar-refractivity contribution in [1.29, 1.82) is 0 Å². The van der Waals surface area contributed by atoms with Crippen molar-refractivity contribution in [2.75, 3.05) is 18.8 Å². The van der Waals surface area contributed by atoms with Gasteiger partial charge < -0.3 is 10.6 Å². The Balaban J connectivity index is 1.43. The van der Waals surface area contributed by atoms with Gasteiger partial charge in [-0.3, -0.25) is 9.78 Å². The molecule has 0 saturated carbocycles. The summed E-state index contributed by atoms with van der Waals surface area (Å²) in [6, 6.07) is 7.81. The van der Waals surface area contributed by atoms with Gasteiger partial charge in [-0.05, 0) is 30.3 Å². The molecule has 1 amide bonds. The zero-order valence-electron chi connectivity index (χ0n) is 15.8. The van der Waals surface area contributed by atoms with Gasteiger partial charge in [-0.15, -0.1) is 0 Å². The lowest BCUT2D eigenvalue weighted by Crippen LogP contribution is -2.52. The first-order valence-corrected chi connectivity index (χ1v) is 9.32. The normalized spacial score (nSPS) is 15.0. The van der Waals surface area contributed by atoms with Crippen LogP contribution in [0.1, 0.15) is 17.7 Å². The number of halogens is 3. The molecule has 0 aliphatic carbocycles. The fourth-order valence-corrected chi connectivity index (χ4v) is 3.32. The van der Waals surface area contributed by atoms with Crippen molar-refractivity contribution < 1.29 is 18.0 Å². The summed E-state index contributed by atoms with van der Waals surface area (Å²) >= 11 is 0. The SMILES string of the molecule is Nc1ccc(-c2ccc(F)cc2F)nc1CC(=O)N1CC(C(F)c2ncccn2)C1. The van der Waals surface area contributed by atoms with Gasteiger partial charge in [0.25, 0.3) is 0 Å². The third-order valence-electron chi connectivity index (χ3n) is 5.04. The third-order valence-corrected chi connectivity index (χ3v) is 5.04. The van der Waals surface area contributed by atoms with E-state index >= 15 is 0 Å². The number of hydrogen-bond acceptors (Lipinski definition) is 5. The van der Waals surface area contributed by atoms with Gasteiger partial charge in [0, 0.05) is 43.0 Å². The number of benzene rings is 1. The Morgan fingerprint density at radius 1 is 1.17 bits per heavy atom. The minimum Gasteiger partial charge on any atom is -0.397 e. The quantitative estimate of drug-likeness (QED) is 0.695. The average Bonchev–Trinajstić information content (AvgIpc) is 2.69. The molecule has 1 saturated heterocycles. The number of likely N-dealkylation sites (tertiary alicyclic amines) is 1. The Labute approximate surface area is 170 Å². The lowest BCUT2D eigenvalue weighted by atomic mass is 9.93. The summed E-state index contributed by atoms with van der Waals surface area (Å²) in [6.45, 7) is 0.481. The summed E-state index contributed by atoms with van der Waals surface area (Å²) in [4.78, 5) is 26.2. The number of hydrogen-bond donors (Lipinski definition) is 1. The van der Waals surface area contributed by atoms with E-state index < -0.39 is 17.8 Å². The van der Waals surface area contributed by atoms with Gasteiger partial charge >= 0.3 is 0 Å². The molecule has 154 valence electrons. The van der Waals surface area contributed by atoms with Gasteiger partial charge in [-0.25, -0.2) is 23.1 Å². The van der Waals surface area contributed by atoms with E-state index in [-0.39, 0.29) is 59.8 Å². The second-order valence-electron chi connectivity index (χ2n) is 7.10. The molecule has 3 heterocycles. The Bertz CT molecular complexity index is 1070. The lowest BCUT2D eigenvalue weighted by molar-refractivity contribution is -0.138. The van der Waals surface area contributed by atoms with Gasteiger partial charge in [0.2, 0.25) is 5.91 Å². The fraction of sp³-hybridized carbons (Fsp3) is 0.238. The highest BCUT2D eigenvalue weighted by Gasteiger charge is 2.38. The summed E-state index contributed by atoms with van der Waals surface area (Å²) in [5, 5.41) is 0. The molecular weight excluding hydrogens is 395 g/mol. The summed E-state index contributed by atoms with van der Waals surface area (Å²) in [5.41, 5.74) is 6.85. The number of nitrogen functional groups attached to an aromatic ring is 1. The van der Waals surface area contributed by atoms with E-state index in [0.29, 0.717) is 0 Å². The Kier molecular flexibility index (Phi) is 5.35. The van der Waals surface area contributed by atoms with Crippen LogP contribution < -0.4 is 5.73 Å². The molecule has 1 atom stereocenters. The van der Waals surface area contributed by atoms with Gasteiger partial charge in [0.1, 0.15) is 11.6 Å². The zero-order valence-corrected chi connectivity index (χ0v) is 15.8. The summed E-state index contributed by atoms with van der Waals surface area (Å²) in [5.74, 6) is -1.98. The van der Waals surface area contributed by atoms with Gasteiger partial charge in [0.15, 0.2) is 12.0 Å². The number of carbonyl (C=O) groups is 1. The van der Waals surface area contributed by atoms with E-state index in [9.17, 15) is 18.0 Å². The standard InChI is InChI=1S/C21H18F3N5O/c22-13-2-3-14(15(23)8-13)17-5-4-16(25)18(28-17)9-19(30)29-10-12(11-29)20(24)21-26-6-1-7-27-21/h1-8,12,20H,9-11,25H2. The van der Waals surface area contributed by atoms with Crippen molar-refractivity contribution in [2.45, 2.75) is 12.6 Å². The molecule has 0 spiro atoms. The largest absolute Gasteiger partial charge is 0.397 e. The van der Waals surface area contributed by atoms with Crippen LogP contribution in [0, 0.1) is 17.6 Å². The maximum absolute atomic E-state index is 14.5. The molecule has 4 rings (SSSR count). The molecular formula is C21H18F3N5O. The number of aromatic nitrogens is 3. The van der Waals surface area contributed by atoms with Gasteiger partial charge in [0.05, 0.1) is 23.5 Å². The highest BCUT2D eigenvalue weighted by molar-refractivity contribution is 5.81. The molecule has 0 bridgehead atoms. The van der Waals surface area contributed by atoms with Gasteiger partial charge in [-0.2, -0.15) is 0 Å². The predicted octanol–water partition coefficient (Wildman–Crippen LogP) is 3.11. The number of nitrogens with zero attached hydrogens (tertiary/aromatic N) is 4. The monoisotopic (exact) mass is 413 g/mol. The minimum absolute atomic E-state index is 0.103. The van der Waals surface area contributed by atoms with Crippen molar-refractivity contribution in [1.82, 2.24) is 19.9 Å². The van der Waals surface area contributed by atoms with Crippen LogP contribution in [0.5, 0.6) is 0 Å². The molecule has 1 aliphatic heterocycles. The molecule has 3 aromatic rings. The topological polar surface area (TPSA) is 85.0 Å². The van der Waals surface area contributed by atoms with Crippen molar-refractivity contribution in [3.05, 3.63) is 71.9 Å². The third kappa shape index (κ3) is 3.96. The molecule has 2 aromatic heterocycles. The van der Waals surface area contributed by atoms with E-state index in [4.69, 9.17) is 5.73 Å². The van der Waals surface area contributed by atoms with E-state index in [1.165, 1.54) is 35.5 Å². The van der Waals surface area contributed by atoms with E-state index in [2.05, 4.69) is 15.0 Å². The van der Waals surface area contributed by atoms with Crippen LogP contribution >= 0.6 is 0 Å². The lowest BCUT2D eigenvalue weighted by Gasteiger charge is -2.40. The fourth-order valence-electron chi connectivity index (χ4n) is 3.32. The summed E-state index contributed by atoms with van der Waals surface area (Å²) < 4.78 is 41.7. The highest BCUT2D eigenvalue weighted by atomic mass is 19.1. The minimum atomic E-state index is -1.34. The highest BCUT2D eigenvalue weighted by Crippen LogP contribution is 2.32. The van der Waals surface area contributed by atoms with E-state index in [1.54, 1.807) is 6.07 Å². The Hall–Kier alpha value is -3.49. The summed E-state index contributed by atoms with van der Waals surface area (Å²) in [6.07, 6.45) is 1.50. The van der Waals surface area contributed by atoms with E-state index in [1.807, 2.05) is 0 Å². The number of amides is 1.